The summed E-state index contributed by atoms with van der Waals surface area (Å²) in [7, 11) is 4.35. The fourth-order valence-electron chi connectivity index (χ4n) is 3.62. The zero-order valence-electron chi connectivity index (χ0n) is 13.8. The zero-order chi connectivity index (χ0) is 16.0. The highest BCUT2D eigenvalue weighted by Gasteiger charge is 2.37. The third-order valence-corrected chi connectivity index (χ3v) is 5.00. The van der Waals surface area contributed by atoms with Crippen LogP contribution in [0.25, 0.3) is 17.0 Å². The third-order valence-electron chi connectivity index (χ3n) is 5.00. The maximum absolute atomic E-state index is 2.37. The highest BCUT2D eigenvalue weighted by Crippen LogP contribution is 2.17. The van der Waals surface area contributed by atoms with Crippen molar-refractivity contribution < 1.29 is 4.57 Å². The van der Waals surface area contributed by atoms with Crippen molar-refractivity contribution in [1.29, 1.82) is 0 Å². The Bertz CT molecular complexity index is 930. The summed E-state index contributed by atoms with van der Waals surface area (Å²) in [6.07, 6.45) is 2.27. The van der Waals surface area contributed by atoms with Gasteiger partial charge >= 0.3 is 6.85 Å². The number of allylic oxidation sites excluding steroid dienone is 1. The minimum absolute atomic E-state index is 0.241. The van der Waals surface area contributed by atoms with Crippen LogP contribution < -0.4 is 15.6 Å². The summed E-state index contributed by atoms with van der Waals surface area (Å²) < 4.78 is 2.33. The van der Waals surface area contributed by atoms with Gasteiger partial charge in [0.25, 0.3) is 0 Å². The maximum atomic E-state index is 2.37. The monoisotopic (exact) mass is 299 g/mol. The molecule has 3 heteroatoms. The van der Waals surface area contributed by atoms with E-state index in [0.29, 0.717) is 0 Å². The molecule has 0 unspecified atom stereocenters. The number of para-hydroxylation sites is 1. The lowest BCUT2D eigenvalue weighted by atomic mass is 9.48. The molecule has 0 saturated carbocycles. The fourth-order valence-corrected chi connectivity index (χ4v) is 3.62. The van der Waals surface area contributed by atoms with Crippen LogP contribution in [-0.4, -0.2) is 18.7 Å². The Hall–Kier alpha value is -2.55. The van der Waals surface area contributed by atoms with Crippen molar-refractivity contribution >= 4 is 34.9 Å². The second-order valence-corrected chi connectivity index (χ2v) is 6.30. The molecule has 3 aromatic rings. The number of aryl methyl sites for hydroxylation is 1. The molecule has 1 aliphatic heterocycles. The van der Waals surface area contributed by atoms with E-state index in [1.807, 2.05) is 0 Å². The van der Waals surface area contributed by atoms with Crippen molar-refractivity contribution in [3.63, 3.8) is 0 Å². The van der Waals surface area contributed by atoms with Gasteiger partial charge in [-0.15, -0.1) is 0 Å². The smallest absolute Gasteiger partial charge is 0.404 e. The normalized spacial score (nSPS) is 14.0. The van der Waals surface area contributed by atoms with Crippen LogP contribution in [0.4, 0.5) is 0 Å². The Morgan fingerprint density at radius 3 is 2.52 bits per heavy atom. The van der Waals surface area contributed by atoms with E-state index in [4.69, 9.17) is 0 Å². The Morgan fingerprint density at radius 1 is 0.913 bits per heavy atom. The number of aromatic nitrogens is 1. The molecule has 0 aliphatic carbocycles. The molecule has 1 aromatic heterocycles. The zero-order valence-corrected chi connectivity index (χ0v) is 13.8. The van der Waals surface area contributed by atoms with Gasteiger partial charge in [0.05, 0.1) is 0 Å². The van der Waals surface area contributed by atoms with Crippen LogP contribution in [0.3, 0.4) is 0 Å². The van der Waals surface area contributed by atoms with Crippen molar-refractivity contribution in [2.24, 2.45) is 7.05 Å². The van der Waals surface area contributed by atoms with Crippen LogP contribution in [0.15, 0.2) is 66.4 Å². The SMILES string of the molecule is CC1=Cc2ccccc2B(c2ccc3ccccc3[n+]2C)N1C. The Balaban J connectivity index is 1.97. The van der Waals surface area contributed by atoms with Gasteiger partial charge in [-0.05, 0) is 55.0 Å². The molecule has 0 atom stereocenters. The molecule has 0 spiro atoms. The predicted molar refractivity (Wildman–Crippen MR) is 98.0 cm³/mol. The van der Waals surface area contributed by atoms with Gasteiger partial charge in [-0.3, -0.25) is 0 Å². The number of rotatable bonds is 1. The topological polar surface area (TPSA) is 7.12 Å². The Morgan fingerprint density at radius 2 is 1.65 bits per heavy atom. The molecule has 4 rings (SSSR count). The second-order valence-electron chi connectivity index (χ2n) is 6.30. The van der Waals surface area contributed by atoms with E-state index in [0.717, 1.165) is 0 Å². The van der Waals surface area contributed by atoms with Gasteiger partial charge in [-0.1, -0.05) is 36.4 Å². The quantitative estimate of drug-likeness (QED) is 0.493. The van der Waals surface area contributed by atoms with Crippen molar-refractivity contribution in [2.45, 2.75) is 6.92 Å². The molecule has 2 aromatic carbocycles. The predicted octanol–water partition coefficient (Wildman–Crippen LogP) is 2.08. The van der Waals surface area contributed by atoms with E-state index >= 15 is 0 Å². The summed E-state index contributed by atoms with van der Waals surface area (Å²) in [4.78, 5) is 2.37. The van der Waals surface area contributed by atoms with Crippen LogP contribution in [0, 0.1) is 0 Å². The minimum Gasteiger partial charge on any atom is -0.408 e. The first kappa shape index (κ1) is 14.1. The highest BCUT2D eigenvalue weighted by molar-refractivity contribution is 6.83. The average Bonchev–Trinajstić information content (AvgIpc) is 2.58. The van der Waals surface area contributed by atoms with E-state index < -0.39 is 0 Å². The average molecular weight is 299 g/mol. The molecule has 0 saturated heterocycles. The summed E-state index contributed by atoms with van der Waals surface area (Å²) in [6, 6.07) is 21.8. The number of hydrogen-bond acceptors (Lipinski definition) is 1. The minimum atomic E-state index is 0.241. The fraction of sp³-hybridized carbons (Fsp3) is 0.150. The number of fused-ring (bicyclic) bond motifs is 2. The first-order valence-electron chi connectivity index (χ1n) is 8.04. The van der Waals surface area contributed by atoms with E-state index in [-0.39, 0.29) is 6.85 Å². The third kappa shape index (κ3) is 2.15. The summed E-state index contributed by atoms with van der Waals surface area (Å²) in [5.41, 5.74) is 6.56. The van der Waals surface area contributed by atoms with Crippen molar-refractivity contribution in [2.75, 3.05) is 7.05 Å². The lowest BCUT2D eigenvalue weighted by molar-refractivity contribution is -0.627. The summed E-state index contributed by atoms with van der Waals surface area (Å²) in [5.74, 6) is 0. The lowest BCUT2D eigenvalue weighted by Gasteiger charge is -2.31. The first-order valence-corrected chi connectivity index (χ1v) is 8.04. The molecule has 0 fully saturated rings. The number of nitrogens with zero attached hydrogens (tertiary/aromatic N) is 2. The molecule has 0 N–H and O–H groups in total. The van der Waals surface area contributed by atoms with E-state index in [9.17, 15) is 0 Å². The number of pyridine rings is 1. The molecule has 0 bridgehead atoms. The Labute approximate surface area is 137 Å². The molecule has 2 heterocycles. The largest absolute Gasteiger partial charge is 0.408 e. The maximum Gasteiger partial charge on any atom is 0.404 e. The van der Waals surface area contributed by atoms with Crippen LogP contribution in [0.1, 0.15) is 12.5 Å². The molecule has 2 nitrogen and oxygen atoms in total. The van der Waals surface area contributed by atoms with E-state index in [1.165, 1.54) is 33.2 Å². The van der Waals surface area contributed by atoms with Gasteiger partial charge < -0.3 is 4.81 Å². The van der Waals surface area contributed by atoms with Gasteiger partial charge in [0.1, 0.15) is 7.05 Å². The lowest BCUT2D eigenvalue weighted by Crippen LogP contribution is -2.66. The van der Waals surface area contributed by atoms with Gasteiger partial charge in [0.15, 0.2) is 5.59 Å². The van der Waals surface area contributed by atoms with E-state index in [2.05, 4.69) is 97.1 Å². The summed E-state index contributed by atoms with van der Waals surface area (Å²) in [5, 5.41) is 1.28. The van der Waals surface area contributed by atoms with Gasteiger partial charge in [-0.2, -0.15) is 0 Å². The number of benzene rings is 2. The highest BCUT2D eigenvalue weighted by atomic mass is 15.1. The second kappa shape index (κ2) is 5.27. The standard InChI is InChI=1S/C20H20BN2/c1-15-14-17-9-4-6-10-18(17)21(23(15)3)20-13-12-16-8-5-7-11-19(16)22(20)2/h4-14H,1-3H3/q+1. The molecule has 1 aliphatic rings. The number of hydrogen-bond donors (Lipinski definition) is 0. The molecule has 23 heavy (non-hydrogen) atoms. The van der Waals surface area contributed by atoms with Crippen LogP contribution >= 0.6 is 0 Å². The van der Waals surface area contributed by atoms with Crippen LogP contribution in [-0.2, 0) is 7.05 Å². The van der Waals surface area contributed by atoms with Crippen molar-refractivity contribution in [1.82, 2.24) is 4.81 Å². The summed E-state index contributed by atoms with van der Waals surface area (Å²) >= 11 is 0. The summed E-state index contributed by atoms with van der Waals surface area (Å²) in [6.45, 7) is 2.43. The molecule has 112 valence electrons. The van der Waals surface area contributed by atoms with E-state index in [1.54, 1.807) is 0 Å². The Kier molecular flexibility index (Phi) is 3.23. The molecular formula is C20H20BN2+. The van der Waals surface area contributed by atoms with Gasteiger partial charge in [0, 0.05) is 11.5 Å². The van der Waals surface area contributed by atoms with Crippen molar-refractivity contribution in [3.05, 3.63) is 71.9 Å². The van der Waals surface area contributed by atoms with Crippen molar-refractivity contribution in [3.8, 4) is 0 Å². The molecular weight excluding hydrogens is 279 g/mol. The van der Waals surface area contributed by atoms with Gasteiger partial charge in [-0.25, -0.2) is 4.57 Å². The van der Waals surface area contributed by atoms with Gasteiger partial charge in [0.2, 0.25) is 5.52 Å². The molecule has 0 radical (unpaired) electrons. The molecule has 0 amide bonds. The first-order chi connectivity index (χ1) is 11.2. The van der Waals surface area contributed by atoms with Crippen LogP contribution in [0.5, 0.6) is 0 Å². The van der Waals surface area contributed by atoms with Crippen LogP contribution in [0.2, 0.25) is 0 Å².